The van der Waals surface area contributed by atoms with E-state index in [0.29, 0.717) is 12.0 Å². The molecule has 1 atom stereocenters. The second kappa shape index (κ2) is 5.45. The van der Waals surface area contributed by atoms with E-state index in [4.69, 9.17) is 10.7 Å². The van der Waals surface area contributed by atoms with Crippen molar-refractivity contribution < 1.29 is 0 Å². The summed E-state index contributed by atoms with van der Waals surface area (Å²) >= 11 is 0. The van der Waals surface area contributed by atoms with Gasteiger partial charge in [0.15, 0.2) is 0 Å². The maximum absolute atomic E-state index is 5.96. The molecule has 4 nitrogen and oxygen atoms in total. The molecule has 19 heavy (non-hydrogen) atoms. The molecule has 3 rings (SSSR count). The van der Waals surface area contributed by atoms with Crippen LogP contribution in [0.3, 0.4) is 0 Å². The van der Waals surface area contributed by atoms with Crippen LogP contribution in [0.4, 0.5) is 5.95 Å². The molecule has 0 saturated carbocycles. The molecule has 0 bridgehead atoms. The molecule has 1 unspecified atom stereocenters. The van der Waals surface area contributed by atoms with Gasteiger partial charge in [0.25, 0.3) is 0 Å². The summed E-state index contributed by atoms with van der Waals surface area (Å²) in [5, 5.41) is 0. The predicted octanol–water partition coefficient (Wildman–Crippen LogP) is 2.23. The lowest BCUT2D eigenvalue weighted by molar-refractivity contribution is 0.488. The zero-order valence-corrected chi connectivity index (χ0v) is 11.8. The molecule has 2 heterocycles. The summed E-state index contributed by atoms with van der Waals surface area (Å²) in [6.07, 6.45) is 9.08. The first kappa shape index (κ1) is 12.9. The first-order valence-electron chi connectivity index (χ1n) is 7.64. The fraction of sp³-hybridized carbons (Fsp3) is 0.733. The quantitative estimate of drug-likeness (QED) is 0.886. The molecule has 1 aliphatic carbocycles. The van der Waals surface area contributed by atoms with E-state index in [1.807, 2.05) is 0 Å². The lowest BCUT2D eigenvalue weighted by Crippen LogP contribution is -2.40. The van der Waals surface area contributed by atoms with E-state index in [1.165, 1.54) is 30.5 Å². The van der Waals surface area contributed by atoms with E-state index in [9.17, 15) is 0 Å². The average Bonchev–Trinajstić information content (AvgIpc) is 2.47. The van der Waals surface area contributed by atoms with Crippen LogP contribution in [0.1, 0.15) is 56.2 Å². The number of hydrogen-bond donors (Lipinski definition) is 1. The lowest BCUT2D eigenvalue weighted by atomic mass is 9.86. The summed E-state index contributed by atoms with van der Waals surface area (Å²) in [6.45, 7) is 4.26. The minimum Gasteiger partial charge on any atom is -0.341 e. The highest BCUT2D eigenvalue weighted by atomic mass is 15.3. The summed E-state index contributed by atoms with van der Waals surface area (Å²) in [4.78, 5) is 11.8. The molecule has 1 fully saturated rings. The van der Waals surface area contributed by atoms with Gasteiger partial charge in [-0.3, -0.25) is 0 Å². The second-order valence-corrected chi connectivity index (χ2v) is 5.90. The highest BCUT2D eigenvalue weighted by Crippen LogP contribution is 2.33. The van der Waals surface area contributed by atoms with E-state index in [0.717, 1.165) is 38.3 Å². The number of nitrogens with zero attached hydrogens (tertiary/aromatic N) is 3. The van der Waals surface area contributed by atoms with Gasteiger partial charge in [-0.1, -0.05) is 6.92 Å². The fourth-order valence-electron chi connectivity index (χ4n) is 3.28. The average molecular weight is 260 g/mol. The van der Waals surface area contributed by atoms with E-state index < -0.39 is 0 Å². The maximum Gasteiger partial charge on any atom is 0.225 e. The highest BCUT2D eigenvalue weighted by Gasteiger charge is 2.24. The number of aromatic nitrogens is 2. The number of hydrogen-bond acceptors (Lipinski definition) is 4. The van der Waals surface area contributed by atoms with E-state index in [2.05, 4.69) is 23.0 Å². The molecule has 0 spiro atoms. The molecule has 0 amide bonds. The molecule has 1 aromatic heterocycles. The zero-order chi connectivity index (χ0) is 13.2. The van der Waals surface area contributed by atoms with Gasteiger partial charge in [-0.25, -0.2) is 9.97 Å². The van der Waals surface area contributed by atoms with Crippen molar-refractivity contribution in [1.29, 1.82) is 0 Å². The molecule has 2 aliphatic rings. The van der Waals surface area contributed by atoms with Crippen LogP contribution < -0.4 is 10.6 Å². The number of anilines is 1. The molecule has 1 aromatic rings. The molecule has 0 aromatic carbocycles. The van der Waals surface area contributed by atoms with Crippen LogP contribution in [0.5, 0.6) is 0 Å². The summed E-state index contributed by atoms with van der Waals surface area (Å²) in [6, 6.07) is 0.359. The van der Waals surface area contributed by atoms with Gasteiger partial charge in [0.1, 0.15) is 0 Å². The van der Waals surface area contributed by atoms with Crippen molar-refractivity contribution in [2.24, 2.45) is 5.73 Å². The SMILES string of the molecule is CCC1CCCc2cnc(N3CCC(N)CC3)nc21. The lowest BCUT2D eigenvalue weighted by Gasteiger charge is -2.31. The number of nitrogens with two attached hydrogens (primary N) is 1. The first-order valence-corrected chi connectivity index (χ1v) is 7.64. The van der Waals surface area contributed by atoms with Crippen LogP contribution in [-0.2, 0) is 6.42 Å². The van der Waals surface area contributed by atoms with Crippen LogP contribution in [0.15, 0.2) is 6.20 Å². The topological polar surface area (TPSA) is 55.0 Å². The summed E-state index contributed by atoms with van der Waals surface area (Å²) in [5.41, 5.74) is 8.65. The van der Waals surface area contributed by atoms with Crippen LogP contribution in [-0.4, -0.2) is 29.1 Å². The Morgan fingerprint density at radius 1 is 1.32 bits per heavy atom. The Morgan fingerprint density at radius 2 is 2.11 bits per heavy atom. The van der Waals surface area contributed by atoms with Crippen LogP contribution in [0, 0.1) is 0 Å². The van der Waals surface area contributed by atoms with Gasteiger partial charge < -0.3 is 10.6 Å². The van der Waals surface area contributed by atoms with Crippen molar-refractivity contribution in [2.45, 2.75) is 57.4 Å². The Hall–Kier alpha value is -1.16. The number of aryl methyl sites for hydroxylation is 1. The normalized spacial score (nSPS) is 24.3. The zero-order valence-electron chi connectivity index (χ0n) is 11.8. The maximum atomic E-state index is 5.96. The summed E-state index contributed by atoms with van der Waals surface area (Å²) in [7, 11) is 0. The third-order valence-corrected chi connectivity index (χ3v) is 4.59. The van der Waals surface area contributed by atoms with E-state index in [1.54, 1.807) is 0 Å². The van der Waals surface area contributed by atoms with Crippen LogP contribution in [0.25, 0.3) is 0 Å². The van der Waals surface area contributed by atoms with Gasteiger partial charge in [-0.05, 0) is 44.1 Å². The molecule has 1 saturated heterocycles. The molecule has 1 aliphatic heterocycles. The third-order valence-electron chi connectivity index (χ3n) is 4.59. The molecular formula is C15H24N4. The van der Waals surface area contributed by atoms with Gasteiger partial charge in [-0.2, -0.15) is 0 Å². The standard InChI is InChI=1S/C15H24N4/c1-2-11-4-3-5-12-10-17-15(18-14(11)12)19-8-6-13(16)7-9-19/h10-11,13H,2-9,16H2,1H3. The minimum atomic E-state index is 0.359. The van der Waals surface area contributed by atoms with Gasteiger partial charge in [0.05, 0.1) is 5.69 Å². The fourth-order valence-corrected chi connectivity index (χ4v) is 3.28. The Kier molecular flexibility index (Phi) is 3.69. The Morgan fingerprint density at radius 3 is 2.84 bits per heavy atom. The third kappa shape index (κ3) is 2.59. The van der Waals surface area contributed by atoms with Crippen molar-refractivity contribution in [2.75, 3.05) is 18.0 Å². The van der Waals surface area contributed by atoms with Gasteiger partial charge >= 0.3 is 0 Å². The molecular weight excluding hydrogens is 236 g/mol. The smallest absolute Gasteiger partial charge is 0.225 e. The highest BCUT2D eigenvalue weighted by molar-refractivity contribution is 5.36. The number of rotatable bonds is 2. The Labute approximate surface area is 115 Å². The predicted molar refractivity (Wildman–Crippen MR) is 77.4 cm³/mol. The van der Waals surface area contributed by atoms with Crippen molar-refractivity contribution >= 4 is 5.95 Å². The number of fused-ring (bicyclic) bond motifs is 1. The molecule has 104 valence electrons. The van der Waals surface area contributed by atoms with E-state index >= 15 is 0 Å². The monoisotopic (exact) mass is 260 g/mol. The summed E-state index contributed by atoms with van der Waals surface area (Å²) < 4.78 is 0. The molecule has 2 N–H and O–H groups in total. The van der Waals surface area contributed by atoms with Gasteiger partial charge in [0.2, 0.25) is 5.95 Å². The van der Waals surface area contributed by atoms with Crippen molar-refractivity contribution in [3.8, 4) is 0 Å². The van der Waals surface area contributed by atoms with Crippen LogP contribution >= 0.6 is 0 Å². The number of piperidine rings is 1. The first-order chi connectivity index (χ1) is 9.28. The molecule has 0 radical (unpaired) electrons. The van der Waals surface area contributed by atoms with Crippen molar-refractivity contribution in [3.05, 3.63) is 17.5 Å². The molecule has 4 heteroatoms. The van der Waals surface area contributed by atoms with Crippen molar-refractivity contribution in [1.82, 2.24) is 9.97 Å². The van der Waals surface area contributed by atoms with E-state index in [-0.39, 0.29) is 0 Å². The Balaban J connectivity index is 1.83. The van der Waals surface area contributed by atoms with Gasteiger partial charge in [-0.15, -0.1) is 0 Å². The second-order valence-electron chi connectivity index (χ2n) is 5.90. The largest absolute Gasteiger partial charge is 0.341 e. The summed E-state index contributed by atoms with van der Waals surface area (Å²) in [5.74, 6) is 1.56. The minimum absolute atomic E-state index is 0.359. The van der Waals surface area contributed by atoms with Gasteiger partial charge in [0, 0.05) is 31.2 Å². The Bertz CT molecular complexity index is 438. The van der Waals surface area contributed by atoms with Crippen LogP contribution in [0.2, 0.25) is 0 Å². The van der Waals surface area contributed by atoms with Crippen molar-refractivity contribution in [3.63, 3.8) is 0 Å².